The van der Waals surface area contributed by atoms with Crippen molar-refractivity contribution in [3.63, 3.8) is 0 Å². The molecule has 112 heavy (non-hydrogen) atoms. The largest absolute Gasteiger partial charge is 0.504 e. The number of hydrogen-bond donors (Lipinski definition) is 25. The molecule has 2 aliphatic rings. The van der Waals surface area contributed by atoms with Crippen molar-refractivity contribution in [1.82, 2.24) is 0 Å². The number of esters is 8. The van der Waals surface area contributed by atoms with E-state index < -0.39 is 333 Å². The minimum Gasteiger partial charge on any atom is -0.504 e. The molecule has 2 aliphatic heterocycles. The summed E-state index contributed by atoms with van der Waals surface area (Å²) in [4.78, 5) is 141. The Balaban J connectivity index is 1.07. The first kappa shape index (κ1) is 78.6. The smallest absolute Gasteiger partial charge is 0.343 e. The highest BCUT2D eigenvalue weighted by Gasteiger charge is 2.48. The zero-order chi connectivity index (χ0) is 82.6. The zero-order valence-electron chi connectivity index (χ0n) is 55.0. The second-order valence-electron chi connectivity index (χ2n) is 23.5. The normalized spacial score (nSPS) is 16.6. The van der Waals surface area contributed by atoms with Crippen molar-refractivity contribution in [2.24, 2.45) is 0 Å². The number of ether oxygens (including phenoxy) is 9. The van der Waals surface area contributed by atoms with Crippen molar-refractivity contribution < 1.29 is 218 Å². The van der Waals surface area contributed by atoms with E-state index in [0.29, 0.717) is 42.5 Å². The Hall–Kier alpha value is -16.0. The van der Waals surface area contributed by atoms with Crippen molar-refractivity contribution >= 4 is 60.3 Å². The molecule has 586 valence electrons. The highest BCUT2D eigenvalue weighted by molar-refractivity contribution is 6.10. The topological polar surface area (TPSA) is 760 Å². The first-order chi connectivity index (χ1) is 52.6. The molecule has 0 fully saturated rings. The van der Waals surface area contributed by atoms with E-state index in [2.05, 4.69) is 0 Å². The molecule has 0 radical (unpaired) electrons. The molecule has 44 heteroatoms. The number of cyclic esters (lactones) is 4. The Kier molecular flexibility index (Phi) is 21.1. The van der Waals surface area contributed by atoms with Crippen molar-refractivity contribution in [3.8, 4) is 166 Å². The molecule has 2 heterocycles. The third-order valence-corrected chi connectivity index (χ3v) is 16.5. The van der Waals surface area contributed by atoms with E-state index in [4.69, 9.17) is 42.6 Å². The fourth-order valence-corrected chi connectivity index (χ4v) is 11.0. The van der Waals surface area contributed by atoms with Gasteiger partial charge in [-0.3, -0.25) is 9.59 Å². The van der Waals surface area contributed by atoms with E-state index >= 15 is 0 Å². The number of aliphatic hydroxyl groups is 2. The third kappa shape index (κ3) is 14.3. The van der Waals surface area contributed by atoms with Gasteiger partial charge in [0.05, 0.1) is 38.9 Å². The van der Waals surface area contributed by atoms with Crippen LogP contribution >= 0.6 is 0 Å². The minimum atomic E-state index is -3.08. The molecule has 44 nitrogen and oxygen atoms in total. The van der Waals surface area contributed by atoms with Crippen LogP contribution in [0.2, 0.25) is 0 Å². The summed E-state index contributed by atoms with van der Waals surface area (Å²) in [5.74, 6) is -53.3. The number of rotatable bonds is 16. The van der Waals surface area contributed by atoms with Gasteiger partial charge in [-0.25, -0.2) is 38.4 Å². The zero-order valence-corrected chi connectivity index (χ0v) is 55.0. The summed E-state index contributed by atoms with van der Waals surface area (Å²) in [5.41, 5.74) is -15.3. The monoisotopic (exact) mass is 1570 g/mol. The lowest BCUT2D eigenvalue weighted by Crippen LogP contribution is -2.52. The average Bonchev–Trinajstić information content (AvgIpc) is 0.996. The molecule has 0 aliphatic carbocycles. The SMILES string of the molecule is O=CC(OC(=O)c1cc(O)c(O)c(O)c1Oc1cc2c(c(O)c1O)-c1c(cc(O)c(O)c1O)C(=O)OC(C(OC(=O)c1cc(O)c(O)c(O)c1)C(C=O)OC(=O)c1cc(O)c(O)c(O)c1)C(O)COC2=O)C(OC(=O)c1cc(O)c(O)c(O)c1)C1OC(=O)c2cc(O)c(O)c(O)c2-c2c(cc(O)c(O)c2O)C(=O)OCC1O. The fourth-order valence-electron chi connectivity index (χ4n) is 11.0. The number of benzene rings is 8. The second kappa shape index (κ2) is 30.1. The molecule has 8 atom stereocenters. The van der Waals surface area contributed by atoms with Crippen LogP contribution in [0.5, 0.6) is 144 Å². The Morgan fingerprint density at radius 1 is 0.330 bits per heavy atom. The number of fused-ring (bicyclic) bond motifs is 6. The van der Waals surface area contributed by atoms with Crippen LogP contribution in [-0.2, 0) is 47.5 Å². The summed E-state index contributed by atoms with van der Waals surface area (Å²) in [6.45, 7) is -3.32. The summed E-state index contributed by atoms with van der Waals surface area (Å²) < 4.78 is 48.0. The van der Waals surface area contributed by atoms with Gasteiger partial charge in [0.1, 0.15) is 31.0 Å². The van der Waals surface area contributed by atoms with E-state index in [1.54, 1.807) is 0 Å². The maximum Gasteiger partial charge on any atom is 0.343 e. The predicted molar refractivity (Wildman–Crippen MR) is 348 cm³/mol. The maximum absolute atomic E-state index is 14.8. The van der Waals surface area contributed by atoms with Crippen LogP contribution < -0.4 is 4.74 Å². The van der Waals surface area contributed by atoms with E-state index in [1.807, 2.05) is 0 Å². The van der Waals surface area contributed by atoms with E-state index in [9.17, 15) is 176 Å². The second-order valence-corrected chi connectivity index (χ2v) is 23.5. The molecule has 0 saturated carbocycles. The Morgan fingerprint density at radius 2 is 0.607 bits per heavy atom. The standard InChI is InChI=1S/C68H50O44/c69-12-37(107-61(96)16-1-24(71)43(83)25(72)2-16)59(111-62(97)17-3-26(73)44(84)27(74)4-17)57-35(82)15-105-65(100)22-11-36(50(90)54(94)42(22)41-21(67(102)109-57)9-32(79)48(88)53(41)93)106-56-23(10-33(80)49(89)55(56)95)68(103)108-38(13-70)60(112-63(98)18-5-28(75)45(85)29(76)6-18)58-34(81)14-104-64(99)19-7-30(77)46(86)51(91)39(19)40-20(66(101)110-58)8-31(78)47(87)52(40)92/h1-13,34-35,37-38,57-60,71-95H,14-15H2. The molecule has 10 rings (SSSR count). The van der Waals surface area contributed by atoms with Gasteiger partial charge in [-0.1, -0.05) is 0 Å². The van der Waals surface area contributed by atoms with Gasteiger partial charge in [0.2, 0.25) is 34.5 Å². The number of phenolic OH excluding ortho intramolecular Hbond substituents is 23. The summed E-state index contributed by atoms with van der Waals surface area (Å²) >= 11 is 0. The minimum absolute atomic E-state index is 0.0813. The molecule has 0 amide bonds. The molecule has 0 saturated heterocycles. The van der Waals surface area contributed by atoms with Gasteiger partial charge in [-0.2, -0.15) is 0 Å². The summed E-state index contributed by atoms with van der Waals surface area (Å²) in [6.07, 6.45) is -24.4. The maximum atomic E-state index is 14.8. The van der Waals surface area contributed by atoms with Crippen LogP contribution in [0.25, 0.3) is 22.3 Å². The number of aromatic hydroxyl groups is 23. The lowest BCUT2D eigenvalue weighted by atomic mass is 9.91. The Morgan fingerprint density at radius 3 is 0.946 bits per heavy atom. The molecule has 8 aromatic rings. The first-order valence-electron chi connectivity index (χ1n) is 30.6. The third-order valence-electron chi connectivity index (χ3n) is 16.5. The van der Waals surface area contributed by atoms with Crippen molar-refractivity contribution in [2.45, 2.75) is 48.8 Å². The van der Waals surface area contributed by atoms with Gasteiger partial charge in [0.25, 0.3) is 0 Å². The number of aldehydes is 2. The van der Waals surface area contributed by atoms with Crippen LogP contribution in [0, 0.1) is 0 Å². The molecule has 0 bridgehead atoms. The lowest BCUT2D eigenvalue weighted by Gasteiger charge is -2.32. The van der Waals surface area contributed by atoms with Gasteiger partial charge < -0.3 is 170 Å². The van der Waals surface area contributed by atoms with Crippen LogP contribution in [-0.4, -0.2) is 250 Å². The van der Waals surface area contributed by atoms with Crippen LogP contribution in [0.15, 0.2) is 66.7 Å². The molecular formula is C68H50O44. The van der Waals surface area contributed by atoms with Crippen molar-refractivity contribution in [3.05, 3.63) is 111 Å². The van der Waals surface area contributed by atoms with E-state index in [-0.39, 0.29) is 24.3 Å². The molecule has 0 aromatic heterocycles. The number of carbonyl (C=O) groups excluding carboxylic acids is 10. The number of hydrogen-bond acceptors (Lipinski definition) is 44. The highest BCUT2D eigenvalue weighted by Crippen LogP contribution is 2.57. The molecule has 8 unspecified atom stereocenters. The van der Waals surface area contributed by atoms with Gasteiger partial charge in [-0.15, -0.1) is 0 Å². The van der Waals surface area contributed by atoms with Gasteiger partial charge in [-0.05, 0) is 54.6 Å². The molecule has 0 spiro atoms. The quantitative estimate of drug-likeness (QED) is 0.0282. The van der Waals surface area contributed by atoms with Crippen LogP contribution in [0.3, 0.4) is 0 Å². The van der Waals surface area contributed by atoms with Gasteiger partial charge in [0, 0.05) is 34.4 Å². The molecule has 25 N–H and O–H groups in total. The number of aliphatic hydroxyl groups excluding tert-OH is 2. The van der Waals surface area contributed by atoms with Crippen molar-refractivity contribution in [1.29, 1.82) is 0 Å². The summed E-state index contributed by atoms with van der Waals surface area (Å²) in [5, 5.41) is 270. The van der Waals surface area contributed by atoms with E-state index in [1.165, 1.54) is 0 Å². The lowest BCUT2D eigenvalue weighted by molar-refractivity contribution is -0.142. The summed E-state index contributed by atoms with van der Waals surface area (Å²) in [6, 6.07) is 3.40. The van der Waals surface area contributed by atoms with Crippen LogP contribution in [0.1, 0.15) is 82.9 Å². The van der Waals surface area contributed by atoms with Crippen molar-refractivity contribution in [2.75, 3.05) is 13.2 Å². The summed E-state index contributed by atoms with van der Waals surface area (Å²) in [7, 11) is 0. The van der Waals surface area contributed by atoms with Gasteiger partial charge in [0.15, 0.2) is 158 Å². The van der Waals surface area contributed by atoms with E-state index in [0.717, 1.165) is 0 Å². The first-order valence-corrected chi connectivity index (χ1v) is 30.6. The average molecular weight is 1570 g/mol. The Bertz CT molecular complexity index is 5280. The Labute approximate surface area is 616 Å². The predicted octanol–water partition coefficient (Wildman–Crippen LogP) is 1.46. The molecule has 8 aromatic carbocycles. The highest BCUT2D eigenvalue weighted by atomic mass is 16.6. The fraction of sp³-hybridized carbons (Fsp3) is 0.147. The van der Waals surface area contributed by atoms with Crippen LogP contribution in [0.4, 0.5) is 0 Å². The van der Waals surface area contributed by atoms with Gasteiger partial charge >= 0.3 is 47.8 Å². The number of phenols is 23. The number of carbonyl (C=O) groups is 10. The molecular weight excluding hydrogens is 1520 g/mol.